The Kier molecular flexibility index (Phi) is 5.38. The Bertz CT molecular complexity index is 309. The van der Waals surface area contributed by atoms with E-state index in [4.69, 9.17) is 0 Å². The minimum absolute atomic E-state index is 0.545. The average molecular weight is 241 g/mol. The second kappa shape index (κ2) is 6.33. The SMILES string of the molecule is Cc1ncsc1CN(C)C(C)CNC(C)C. The van der Waals surface area contributed by atoms with E-state index in [0.29, 0.717) is 12.1 Å². The zero-order valence-electron chi connectivity index (χ0n) is 10.9. The molecule has 0 bridgehead atoms. The van der Waals surface area contributed by atoms with Gasteiger partial charge in [-0.1, -0.05) is 13.8 Å². The number of nitrogens with one attached hydrogen (secondary N) is 1. The molecule has 1 heterocycles. The second-order valence-electron chi connectivity index (χ2n) is 4.69. The maximum Gasteiger partial charge on any atom is 0.0798 e. The first-order chi connectivity index (χ1) is 7.50. The largest absolute Gasteiger partial charge is 0.313 e. The summed E-state index contributed by atoms with van der Waals surface area (Å²) in [5.74, 6) is 0. The van der Waals surface area contributed by atoms with Gasteiger partial charge in [0.15, 0.2) is 0 Å². The molecule has 92 valence electrons. The van der Waals surface area contributed by atoms with Gasteiger partial charge in [0.05, 0.1) is 11.2 Å². The summed E-state index contributed by atoms with van der Waals surface area (Å²) in [6, 6.07) is 1.10. The molecule has 1 rings (SSSR count). The molecule has 0 aliphatic rings. The van der Waals surface area contributed by atoms with Crippen molar-refractivity contribution in [1.29, 1.82) is 0 Å². The van der Waals surface area contributed by atoms with Crippen LogP contribution in [0.25, 0.3) is 0 Å². The number of aryl methyl sites for hydroxylation is 1. The number of rotatable bonds is 6. The predicted molar refractivity (Wildman–Crippen MR) is 70.9 cm³/mol. The van der Waals surface area contributed by atoms with Gasteiger partial charge < -0.3 is 5.32 Å². The predicted octanol–water partition coefficient (Wildman–Crippen LogP) is 2.27. The van der Waals surface area contributed by atoms with Crippen LogP contribution in [0.15, 0.2) is 5.51 Å². The molecule has 1 aromatic rings. The number of likely N-dealkylation sites (N-methyl/N-ethyl adjacent to an activating group) is 1. The smallest absolute Gasteiger partial charge is 0.0798 e. The van der Waals surface area contributed by atoms with E-state index in [-0.39, 0.29) is 0 Å². The molecule has 1 aromatic heterocycles. The molecule has 3 nitrogen and oxygen atoms in total. The molecule has 0 fully saturated rings. The highest BCUT2D eigenvalue weighted by molar-refractivity contribution is 7.09. The van der Waals surface area contributed by atoms with Crippen molar-refractivity contribution in [1.82, 2.24) is 15.2 Å². The van der Waals surface area contributed by atoms with Crippen LogP contribution in [0, 0.1) is 6.92 Å². The Labute approximate surface area is 103 Å². The molecule has 1 unspecified atom stereocenters. The molecule has 0 radical (unpaired) electrons. The summed E-state index contributed by atoms with van der Waals surface area (Å²) in [4.78, 5) is 8.02. The van der Waals surface area contributed by atoms with E-state index in [1.165, 1.54) is 10.6 Å². The monoisotopic (exact) mass is 241 g/mol. The van der Waals surface area contributed by atoms with Crippen molar-refractivity contribution in [2.75, 3.05) is 13.6 Å². The van der Waals surface area contributed by atoms with E-state index in [0.717, 1.165) is 13.1 Å². The fourth-order valence-electron chi connectivity index (χ4n) is 1.42. The van der Waals surface area contributed by atoms with E-state index in [1.807, 2.05) is 5.51 Å². The van der Waals surface area contributed by atoms with Crippen LogP contribution >= 0.6 is 11.3 Å². The summed E-state index contributed by atoms with van der Waals surface area (Å²) in [6.45, 7) is 10.7. The summed E-state index contributed by atoms with van der Waals surface area (Å²) in [5, 5.41) is 3.47. The molecular weight excluding hydrogens is 218 g/mol. The van der Waals surface area contributed by atoms with E-state index >= 15 is 0 Å². The fraction of sp³-hybridized carbons (Fsp3) is 0.750. The lowest BCUT2D eigenvalue weighted by atomic mass is 10.2. The van der Waals surface area contributed by atoms with E-state index < -0.39 is 0 Å². The van der Waals surface area contributed by atoms with Crippen LogP contribution < -0.4 is 5.32 Å². The highest BCUT2D eigenvalue weighted by Crippen LogP contribution is 2.15. The number of hydrogen-bond donors (Lipinski definition) is 1. The first kappa shape index (κ1) is 13.6. The lowest BCUT2D eigenvalue weighted by Gasteiger charge is -2.25. The fourth-order valence-corrected chi connectivity index (χ4v) is 2.26. The lowest BCUT2D eigenvalue weighted by Crippen LogP contribution is -2.39. The van der Waals surface area contributed by atoms with Gasteiger partial charge >= 0.3 is 0 Å². The minimum atomic E-state index is 0.545. The zero-order chi connectivity index (χ0) is 12.1. The molecule has 4 heteroatoms. The van der Waals surface area contributed by atoms with Crippen LogP contribution in [0.4, 0.5) is 0 Å². The first-order valence-corrected chi connectivity index (χ1v) is 6.71. The van der Waals surface area contributed by atoms with E-state index in [9.17, 15) is 0 Å². The third-order valence-electron chi connectivity index (χ3n) is 2.81. The van der Waals surface area contributed by atoms with Crippen molar-refractivity contribution in [3.05, 3.63) is 16.1 Å². The number of thiazole rings is 1. The van der Waals surface area contributed by atoms with Gasteiger partial charge in [-0.2, -0.15) is 0 Å². The number of aromatic nitrogens is 1. The minimum Gasteiger partial charge on any atom is -0.313 e. The van der Waals surface area contributed by atoms with Gasteiger partial charge in [-0.25, -0.2) is 4.98 Å². The third-order valence-corrected chi connectivity index (χ3v) is 3.73. The molecule has 16 heavy (non-hydrogen) atoms. The average Bonchev–Trinajstić information content (AvgIpc) is 2.60. The van der Waals surface area contributed by atoms with Crippen molar-refractivity contribution in [3.63, 3.8) is 0 Å². The highest BCUT2D eigenvalue weighted by Gasteiger charge is 2.12. The van der Waals surface area contributed by atoms with Crippen molar-refractivity contribution < 1.29 is 0 Å². The number of nitrogens with zero attached hydrogens (tertiary/aromatic N) is 2. The van der Waals surface area contributed by atoms with Crippen molar-refractivity contribution in [2.24, 2.45) is 0 Å². The summed E-state index contributed by atoms with van der Waals surface area (Å²) in [5.41, 5.74) is 3.09. The molecule has 0 aromatic carbocycles. The van der Waals surface area contributed by atoms with Crippen molar-refractivity contribution in [2.45, 2.75) is 46.3 Å². The Hall–Kier alpha value is -0.450. The Morgan fingerprint density at radius 2 is 2.12 bits per heavy atom. The Balaban J connectivity index is 2.40. The van der Waals surface area contributed by atoms with Crippen LogP contribution in [0.2, 0.25) is 0 Å². The van der Waals surface area contributed by atoms with Gasteiger partial charge in [0.2, 0.25) is 0 Å². The molecule has 1 atom stereocenters. The molecule has 0 spiro atoms. The van der Waals surface area contributed by atoms with E-state index in [1.54, 1.807) is 11.3 Å². The number of hydrogen-bond acceptors (Lipinski definition) is 4. The molecule has 0 aliphatic heterocycles. The van der Waals surface area contributed by atoms with Gasteiger partial charge in [-0.3, -0.25) is 4.90 Å². The molecule has 0 saturated carbocycles. The standard InChI is InChI=1S/C12H23N3S/c1-9(2)13-6-10(3)15(5)7-12-11(4)14-8-16-12/h8-10,13H,6-7H2,1-5H3. The quantitative estimate of drug-likeness (QED) is 0.828. The van der Waals surface area contributed by atoms with E-state index in [2.05, 4.69) is 49.9 Å². The maximum atomic E-state index is 4.28. The van der Waals surface area contributed by atoms with Gasteiger partial charge in [-0.15, -0.1) is 11.3 Å². The topological polar surface area (TPSA) is 28.2 Å². The maximum absolute atomic E-state index is 4.28. The molecule has 0 amide bonds. The summed E-state index contributed by atoms with van der Waals surface area (Å²) in [7, 11) is 2.17. The van der Waals surface area contributed by atoms with Crippen LogP contribution in [-0.4, -0.2) is 35.6 Å². The first-order valence-electron chi connectivity index (χ1n) is 5.83. The molecule has 1 N–H and O–H groups in total. The Morgan fingerprint density at radius 3 is 2.62 bits per heavy atom. The van der Waals surface area contributed by atoms with Crippen LogP contribution in [-0.2, 0) is 6.54 Å². The van der Waals surface area contributed by atoms with Gasteiger partial charge in [0.25, 0.3) is 0 Å². The van der Waals surface area contributed by atoms with Crippen molar-refractivity contribution in [3.8, 4) is 0 Å². The summed E-state index contributed by atoms with van der Waals surface area (Å²) in [6.07, 6.45) is 0. The Morgan fingerprint density at radius 1 is 1.44 bits per heavy atom. The highest BCUT2D eigenvalue weighted by atomic mass is 32.1. The second-order valence-corrected chi connectivity index (χ2v) is 5.63. The lowest BCUT2D eigenvalue weighted by molar-refractivity contribution is 0.241. The van der Waals surface area contributed by atoms with Gasteiger partial charge in [0.1, 0.15) is 0 Å². The molecular formula is C12H23N3S. The van der Waals surface area contributed by atoms with Crippen LogP contribution in [0.3, 0.4) is 0 Å². The third kappa shape index (κ3) is 4.20. The van der Waals surface area contributed by atoms with Crippen molar-refractivity contribution >= 4 is 11.3 Å². The van der Waals surface area contributed by atoms with Gasteiger partial charge in [-0.05, 0) is 20.9 Å². The van der Waals surface area contributed by atoms with Gasteiger partial charge in [0, 0.05) is 30.1 Å². The van der Waals surface area contributed by atoms with Crippen LogP contribution in [0.5, 0.6) is 0 Å². The summed E-state index contributed by atoms with van der Waals surface area (Å²) < 4.78 is 0. The normalized spacial score (nSPS) is 13.7. The zero-order valence-corrected chi connectivity index (χ0v) is 11.8. The molecule has 0 saturated heterocycles. The molecule has 0 aliphatic carbocycles. The summed E-state index contributed by atoms with van der Waals surface area (Å²) >= 11 is 1.75. The van der Waals surface area contributed by atoms with Crippen LogP contribution in [0.1, 0.15) is 31.3 Å².